The van der Waals surface area contributed by atoms with Crippen LogP contribution in [0.1, 0.15) is 13.8 Å². The molecule has 100 valence electrons. The van der Waals surface area contributed by atoms with Gasteiger partial charge in [0.1, 0.15) is 11.6 Å². The number of aromatic nitrogens is 2. The van der Waals surface area contributed by atoms with Crippen LogP contribution in [-0.4, -0.2) is 23.1 Å². The molecule has 0 spiro atoms. The van der Waals surface area contributed by atoms with E-state index >= 15 is 0 Å². The standard InChI is InChI=1S/C14H18N4O/c1-3-15-14-16-9-8-13(18-14)17-11-6-5-7-12(10-11)19-4-2/h5-10H,3-4H2,1-2H3,(H2,15,16,17,18). The number of hydrogen-bond acceptors (Lipinski definition) is 5. The van der Waals surface area contributed by atoms with Crippen molar-refractivity contribution in [3.8, 4) is 5.75 Å². The Morgan fingerprint density at radius 1 is 1.21 bits per heavy atom. The molecule has 0 amide bonds. The van der Waals surface area contributed by atoms with Gasteiger partial charge in [0.05, 0.1) is 6.61 Å². The summed E-state index contributed by atoms with van der Waals surface area (Å²) in [5, 5.41) is 6.31. The summed E-state index contributed by atoms with van der Waals surface area (Å²) < 4.78 is 5.46. The van der Waals surface area contributed by atoms with E-state index in [1.807, 2.05) is 44.2 Å². The van der Waals surface area contributed by atoms with Gasteiger partial charge in [-0.15, -0.1) is 0 Å². The summed E-state index contributed by atoms with van der Waals surface area (Å²) in [5.41, 5.74) is 0.937. The van der Waals surface area contributed by atoms with E-state index < -0.39 is 0 Å². The van der Waals surface area contributed by atoms with Crippen molar-refractivity contribution >= 4 is 17.5 Å². The monoisotopic (exact) mass is 258 g/mol. The van der Waals surface area contributed by atoms with Crippen LogP contribution >= 0.6 is 0 Å². The Kier molecular flexibility index (Phi) is 4.55. The third-order valence-electron chi connectivity index (χ3n) is 2.41. The zero-order valence-electron chi connectivity index (χ0n) is 11.2. The maximum Gasteiger partial charge on any atom is 0.224 e. The fraction of sp³-hybridized carbons (Fsp3) is 0.286. The van der Waals surface area contributed by atoms with Crippen LogP contribution in [0.25, 0.3) is 0 Å². The minimum Gasteiger partial charge on any atom is -0.494 e. The Balaban J connectivity index is 2.11. The fourth-order valence-corrected chi connectivity index (χ4v) is 1.65. The van der Waals surface area contributed by atoms with Crippen LogP contribution in [0.15, 0.2) is 36.5 Å². The van der Waals surface area contributed by atoms with Crippen LogP contribution in [0.2, 0.25) is 0 Å². The SMILES string of the molecule is CCNc1nccc(Nc2cccc(OCC)c2)n1. The van der Waals surface area contributed by atoms with E-state index in [1.165, 1.54) is 0 Å². The lowest BCUT2D eigenvalue weighted by Gasteiger charge is -2.09. The van der Waals surface area contributed by atoms with Gasteiger partial charge < -0.3 is 15.4 Å². The molecule has 0 fully saturated rings. The van der Waals surface area contributed by atoms with E-state index in [0.717, 1.165) is 23.8 Å². The zero-order valence-corrected chi connectivity index (χ0v) is 11.2. The lowest BCUT2D eigenvalue weighted by atomic mass is 10.3. The molecule has 5 heteroatoms. The fourth-order valence-electron chi connectivity index (χ4n) is 1.65. The first-order valence-electron chi connectivity index (χ1n) is 6.38. The minimum atomic E-state index is 0.619. The normalized spacial score (nSPS) is 10.0. The van der Waals surface area contributed by atoms with Gasteiger partial charge in [0.2, 0.25) is 5.95 Å². The van der Waals surface area contributed by atoms with Crippen molar-refractivity contribution in [1.29, 1.82) is 0 Å². The van der Waals surface area contributed by atoms with Gasteiger partial charge in [0, 0.05) is 24.5 Å². The third-order valence-corrected chi connectivity index (χ3v) is 2.41. The average molecular weight is 258 g/mol. The number of hydrogen-bond donors (Lipinski definition) is 2. The van der Waals surface area contributed by atoms with Gasteiger partial charge in [-0.3, -0.25) is 0 Å². The Bertz CT molecular complexity index is 483. The summed E-state index contributed by atoms with van der Waals surface area (Å²) in [4.78, 5) is 8.49. The first-order chi connectivity index (χ1) is 9.31. The Labute approximate surface area is 113 Å². The maximum absolute atomic E-state index is 5.46. The van der Waals surface area contributed by atoms with Crippen molar-refractivity contribution in [1.82, 2.24) is 9.97 Å². The van der Waals surface area contributed by atoms with Crippen LogP contribution in [0.5, 0.6) is 5.75 Å². The predicted octanol–water partition coefficient (Wildman–Crippen LogP) is 3.05. The van der Waals surface area contributed by atoms with E-state index in [1.54, 1.807) is 6.20 Å². The molecule has 2 aromatic rings. The molecule has 0 atom stereocenters. The molecule has 1 heterocycles. The predicted molar refractivity (Wildman–Crippen MR) is 77.1 cm³/mol. The quantitative estimate of drug-likeness (QED) is 0.834. The molecule has 0 bridgehead atoms. The molecule has 0 aliphatic heterocycles. The van der Waals surface area contributed by atoms with Crippen LogP contribution in [0.4, 0.5) is 17.5 Å². The number of nitrogens with one attached hydrogen (secondary N) is 2. The van der Waals surface area contributed by atoms with E-state index in [0.29, 0.717) is 12.6 Å². The van der Waals surface area contributed by atoms with E-state index in [4.69, 9.17) is 4.74 Å². The number of anilines is 3. The van der Waals surface area contributed by atoms with Gasteiger partial charge in [-0.05, 0) is 32.0 Å². The molecule has 0 saturated carbocycles. The van der Waals surface area contributed by atoms with Crippen molar-refractivity contribution < 1.29 is 4.74 Å². The van der Waals surface area contributed by atoms with Crippen LogP contribution < -0.4 is 15.4 Å². The topological polar surface area (TPSA) is 59.1 Å². The zero-order chi connectivity index (χ0) is 13.5. The minimum absolute atomic E-state index is 0.619. The molecule has 0 radical (unpaired) electrons. The van der Waals surface area contributed by atoms with Crippen LogP contribution in [0, 0.1) is 0 Å². The molecule has 2 N–H and O–H groups in total. The van der Waals surface area contributed by atoms with Gasteiger partial charge in [0.15, 0.2) is 0 Å². The third kappa shape index (κ3) is 3.84. The van der Waals surface area contributed by atoms with Crippen LogP contribution in [-0.2, 0) is 0 Å². The van der Waals surface area contributed by atoms with Crippen molar-refractivity contribution in [2.75, 3.05) is 23.8 Å². The highest BCUT2D eigenvalue weighted by molar-refractivity contribution is 5.58. The second-order valence-corrected chi connectivity index (χ2v) is 3.88. The van der Waals surface area contributed by atoms with Gasteiger partial charge in [-0.25, -0.2) is 4.98 Å². The summed E-state index contributed by atoms with van der Waals surface area (Å²) in [6, 6.07) is 9.61. The van der Waals surface area contributed by atoms with E-state index in [-0.39, 0.29) is 0 Å². The molecule has 1 aromatic heterocycles. The van der Waals surface area contributed by atoms with Crippen LogP contribution in [0.3, 0.4) is 0 Å². The van der Waals surface area contributed by atoms with Crippen molar-refractivity contribution in [3.63, 3.8) is 0 Å². The summed E-state index contributed by atoms with van der Waals surface area (Å²) >= 11 is 0. The highest BCUT2D eigenvalue weighted by atomic mass is 16.5. The lowest BCUT2D eigenvalue weighted by molar-refractivity contribution is 0.340. The summed E-state index contributed by atoms with van der Waals surface area (Å²) in [6.45, 7) is 5.42. The molecule has 0 aliphatic rings. The molecular weight excluding hydrogens is 240 g/mol. The molecule has 19 heavy (non-hydrogen) atoms. The summed E-state index contributed by atoms with van der Waals surface area (Å²) in [6.07, 6.45) is 1.72. The second-order valence-electron chi connectivity index (χ2n) is 3.88. The lowest BCUT2D eigenvalue weighted by Crippen LogP contribution is -2.03. The Hall–Kier alpha value is -2.30. The molecular formula is C14H18N4O. The number of benzene rings is 1. The number of rotatable bonds is 6. The Morgan fingerprint density at radius 3 is 2.89 bits per heavy atom. The highest BCUT2D eigenvalue weighted by Gasteiger charge is 2.00. The summed E-state index contributed by atoms with van der Waals surface area (Å²) in [5.74, 6) is 2.21. The largest absolute Gasteiger partial charge is 0.494 e. The number of ether oxygens (including phenoxy) is 1. The van der Waals surface area contributed by atoms with Gasteiger partial charge in [-0.2, -0.15) is 4.98 Å². The molecule has 0 aliphatic carbocycles. The first-order valence-corrected chi connectivity index (χ1v) is 6.38. The maximum atomic E-state index is 5.46. The van der Waals surface area contributed by atoms with Gasteiger partial charge >= 0.3 is 0 Å². The van der Waals surface area contributed by atoms with E-state index in [2.05, 4.69) is 20.6 Å². The average Bonchev–Trinajstić information content (AvgIpc) is 2.40. The Morgan fingerprint density at radius 2 is 2.11 bits per heavy atom. The van der Waals surface area contributed by atoms with Crippen molar-refractivity contribution in [2.24, 2.45) is 0 Å². The first kappa shape index (κ1) is 13.1. The van der Waals surface area contributed by atoms with Gasteiger partial charge in [-0.1, -0.05) is 6.07 Å². The van der Waals surface area contributed by atoms with Crippen molar-refractivity contribution in [2.45, 2.75) is 13.8 Å². The molecule has 5 nitrogen and oxygen atoms in total. The molecule has 2 rings (SSSR count). The van der Waals surface area contributed by atoms with Gasteiger partial charge in [0.25, 0.3) is 0 Å². The van der Waals surface area contributed by atoms with Crippen molar-refractivity contribution in [3.05, 3.63) is 36.5 Å². The smallest absolute Gasteiger partial charge is 0.224 e. The van der Waals surface area contributed by atoms with E-state index in [9.17, 15) is 0 Å². The highest BCUT2D eigenvalue weighted by Crippen LogP contribution is 2.20. The molecule has 1 aromatic carbocycles. The summed E-state index contributed by atoms with van der Waals surface area (Å²) in [7, 11) is 0. The second kappa shape index (κ2) is 6.58. The number of nitrogens with zero attached hydrogens (tertiary/aromatic N) is 2. The molecule has 0 saturated heterocycles. The molecule has 0 unspecified atom stereocenters.